The van der Waals surface area contributed by atoms with Crippen molar-refractivity contribution in [1.82, 2.24) is 0 Å². The van der Waals surface area contributed by atoms with Crippen LogP contribution in [0.15, 0.2) is 0 Å². The van der Waals surface area contributed by atoms with Gasteiger partial charge in [0.15, 0.2) is 6.66 Å². The third-order valence-corrected chi connectivity index (χ3v) is 1.42. The molecule has 0 aliphatic heterocycles. The monoisotopic (exact) mass is 119 g/mol. The first kappa shape index (κ1) is 5.20. The highest BCUT2D eigenvalue weighted by Crippen LogP contribution is 2.32. The van der Waals surface area contributed by atoms with Crippen LogP contribution in [0.25, 0.3) is 0 Å². The predicted molar refractivity (Wildman–Crippen MR) is 27.6 cm³/mol. The highest BCUT2D eigenvalue weighted by molar-refractivity contribution is 7.38. The zero-order valence-corrected chi connectivity index (χ0v) is 5.15. The van der Waals surface area contributed by atoms with Gasteiger partial charge in [0.2, 0.25) is 0 Å². The van der Waals surface area contributed by atoms with Crippen molar-refractivity contribution in [3.05, 3.63) is 0 Å². The lowest BCUT2D eigenvalue weighted by atomic mass is 10.9. The SMILES string of the molecule is C[P+](=O)OC1CC1. The predicted octanol–water partition coefficient (Wildman–Crippen LogP) is 1.54. The molecule has 40 valence electrons. The lowest BCUT2D eigenvalue weighted by molar-refractivity contribution is 0.319. The fraction of sp³-hybridized carbons (Fsp3) is 1.00. The molecule has 1 atom stereocenters. The molecule has 2 nitrogen and oxygen atoms in total. The highest BCUT2D eigenvalue weighted by Gasteiger charge is 2.30. The fourth-order valence-electron chi connectivity index (χ4n) is 0.383. The lowest BCUT2D eigenvalue weighted by Crippen LogP contribution is -1.78. The Labute approximate surface area is 43.7 Å². The van der Waals surface area contributed by atoms with Gasteiger partial charge >= 0.3 is 8.03 Å². The Balaban J connectivity index is 2.08. The van der Waals surface area contributed by atoms with Gasteiger partial charge in [-0.1, -0.05) is 0 Å². The molecule has 0 amide bonds. The topological polar surface area (TPSA) is 26.3 Å². The molecule has 1 rings (SSSR count). The summed E-state index contributed by atoms with van der Waals surface area (Å²) in [4.78, 5) is 0. The van der Waals surface area contributed by atoms with Crippen LogP contribution in [0, 0.1) is 0 Å². The van der Waals surface area contributed by atoms with Crippen molar-refractivity contribution in [3.63, 3.8) is 0 Å². The molecule has 3 heteroatoms. The van der Waals surface area contributed by atoms with Crippen LogP contribution in [0.1, 0.15) is 12.8 Å². The van der Waals surface area contributed by atoms with Crippen LogP contribution in [0.4, 0.5) is 0 Å². The smallest absolute Gasteiger partial charge is 0.143 e. The average Bonchev–Trinajstić information content (AvgIpc) is 2.17. The minimum atomic E-state index is -1.33. The standard InChI is InChI=1S/C4H8O2P/c1-7(5)6-4-2-3-4/h4H,2-3H2,1H3/q+1. The van der Waals surface area contributed by atoms with E-state index in [1.54, 1.807) is 6.66 Å². The van der Waals surface area contributed by atoms with Gasteiger partial charge in [-0.15, -0.1) is 4.52 Å². The van der Waals surface area contributed by atoms with Crippen LogP contribution < -0.4 is 0 Å². The molecule has 0 radical (unpaired) electrons. The van der Waals surface area contributed by atoms with Gasteiger partial charge in [-0.05, 0) is 17.4 Å². The van der Waals surface area contributed by atoms with Gasteiger partial charge in [0.05, 0.1) is 0 Å². The second kappa shape index (κ2) is 1.89. The van der Waals surface area contributed by atoms with Crippen molar-refractivity contribution >= 4 is 8.03 Å². The van der Waals surface area contributed by atoms with Crippen LogP contribution in [0.3, 0.4) is 0 Å². The summed E-state index contributed by atoms with van der Waals surface area (Å²) in [5.41, 5.74) is 0. The second-order valence-corrected chi connectivity index (χ2v) is 2.83. The maximum atomic E-state index is 10.2. The third-order valence-electron chi connectivity index (χ3n) is 0.822. The molecule has 1 saturated carbocycles. The first-order chi connectivity index (χ1) is 3.29. The first-order valence-corrected chi connectivity index (χ1v) is 3.99. The van der Waals surface area contributed by atoms with E-state index in [2.05, 4.69) is 0 Å². The van der Waals surface area contributed by atoms with Gasteiger partial charge in [0.1, 0.15) is 6.10 Å². The van der Waals surface area contributed by atoms with Gasteiger partial charge in [-0.25, -0.2) is 0 Å². The van der Waals surface area contributed by atoms with E-state index in [-0.39, 0.29) is 0 Å². The van der Waals surface area contributed by atoms with Crippen LogP contribution in [0.2, 0.25) is 0 Å². The summed E-state index contributed by atoms with van der Waals surface area (Å²) in [5.74, 6) is 0. The van der Waals surface area contributed by atoms with E-state index in [0.29, 0.717) is 6.10 Å². The van der Waals surface area contributed by atoms with Crippen LogP contribution in [0.5, 0.6) is 0 Å². The van der Waals surface area contributed by atoms with Crippen molar-refractivity contribution in [2.24, 2.45) is 0 Å². The number of hydrogen-bond donors (Lipinski definition) is 0. The Bertz CT molecular complexity index is 87.7. The lowest BCUT2D eigenvalue weighted by Gasteiger charge is -1.74. The Morgan fingerprint density at radius 2 is 2.29 bits per heavy atom. The summed E-state index contributed by atoms with van der Waals surface area (Å²) in [6.45, 7) is 1.59. The molecule has 0 aromatic carbocycles. The Hall–Kier alpha value is 0.0600. The van der Waals surface area contributed by atoms with Crippen molar-refractivity contribution in [1.29, 1.82) is 0 Å². The van der Waals surface area contributed by atoms with E-state index in [0.717, 1.165) is 12.8 Å². The Kier molecular flexibility index (Phi) is 1.40. The third kappa shape index (κ3) is 2.00. The fourth-order valence-corrected chi connectivity index (χ4v) is 1.01. The first-order valence-electron chi connectivity index (χ1n) is 2.36. The normalized spacial score (nSPS) is 22.1. The Morgan fingerprint density at radius 1 is 1.71 bits per heavy atom. The summed E-state index contributed by atoms with van der Waals surface area (Å²) in [5, 5.41) is 0. The summed E-state index contributed by atoms with van der Waals surface area (Å²) < 4.78 is 15.1. The van der Waals surface area contributed by atoms with E-state index in [1.807, 2.05) is 0 Å². The molecule has 1 aliphatic rings. The van der Waals surface area contributed by atoms with Crippen LogP contribution in [-0.2, 0) is 9.09 Å². The van der Waals surface area contributed by atoms with Crippen molar-refractivity contribution in [2.75, 3.05) is 6.66 Å². The molecule has 0 saturated heterocycles. The summed E-state index contributed by atoms with van der Waals surface area (Å²) in [6, 6.07) is 0. The minimum Gasteiger partial charge on any atom is -0.143 e. The van der Waals surface area contributed by atoms with E-state index in [4.69, 9.17) is 4.52 Å². The van der Waals surface area contributed by atoms with E-state index in [9.17, 15) is 4.57 Å². The molecule has 1 aliphatic carbocycles. The molecule has 0 heterocycles. The van der Waals surface area contributed by atoms with Crippen LogP contribution >= 0.6 is 8.03 Å². The van der Waals surface area contributed by atoms with Gasteiger partial charge in [0.25, 0.3) is 0 Å². The van der Waals surface area contributed by atoms with E-state index in [1.165, 1.54) is 0 Å². The van der Waals surface area contributed by atoms with Gasteiger partial charge in [0, 0.05) is 0 Å². The minimum absolute atomic E-state index is 0.341. The molecule has 0 N–H and O–H groups in total. The molecular formula is C4H8O2P+. The molecule has 1 unspecified atom stereocenters. The quantitative estimate of drug-likeness (QED) is 0.515. The number of rotatable bonds is 2. The summed E-state index contributed by atoms with van der Waals surface area (Å²) in [6.07, 6.45) is 2.55. The maximum Gasteiger partial charge on any atom is 0.505 e. The molecule has 1 fully saturated rings. The zero-order chi connectivity index (χ0) is 5.28. The van der Waals surface area contributed by atoms with Crippen molar-refractivity contribution < 1.29 is 9.09 Å². The zero-order valence-electron chi connectivity index (χ0n) is 4.26. The van der Waals surface area contributed by atoms with Crippen LogP contribution in [-0.4, -0.2) is 12.8 Å². The van der Waals surface area contributed by atoms with Gasteiger partial charge in [-0.3, -0.25) is 0 Å². The summed E-state index contributed by atoms with van der Waals surface area (Å²) in [7, 11) is -1.33. The van der Waals surface area contributed by atoms with Gasteiger partial charge in [-0.2, -0.15) is 0 Å². The highest BCUT2D eigenvalue weighted by atomic mass is 31.1. The number of hydrogen-bond acceptors (Lipinski definition) is 2. The average molecular weight is 119 g/mol. The molecule has 0 aromatic rings. The molecule has 7 heavy (non-hydrogen) atoms. The van der Waals surface area contributed by atoms with Crippen molar-refractivity contribution in [3.8, 4) is 0 Å². The largest absolute Gasteiger partial charge is 0.505 e. The molecule has 0 bridgehead atoms. The van der Waals surface area contributed by atoms with Gasteiger partial charge < -0.3 is 0 Å². The summed E-state index contributed by atoms with van der Waals surface area (Å²) >= 11 is 0. The van der Waals surface area contributed by atoms with E-state index < -0.39 is 8.03 Å². The Morgan fingerprint density at radius 3 is 2.43 bits per heavy atom. The molecule has 0 aromatic heterocycles. The maximum absolute atomic E-state index is 10.2. The van der Waals surface area contributed by atoms with E-state index >= 15 is 0 Å². The molecular weight excluding hydrogens is 111 g/mol. The second-order valence-electron chi connectivity index (χ2n) is 1.74. The molecule has 0 spiro atoms. The van der Waals surface area contributed by atoms with Crippen molar-refractivity contribution in [2.45, 2.75) is 18.9 Å².